The van der Waals surface area contributed by atoms with E-state index in [1.54, 1.807) is 4.90 Å². The Morgan fingerprint density at radius 2 is 1.70 bits per heavy atom. The van der Waals surface area contributed by atoms with Crippen molar-refractivity contribution in [2.24, 2.45) is 5.92 Å². The molecule has 0 radical (unpaired) electrons. The molecule has 196 valence electrons. The topological polar surface area (TPSA) is 84.4 Å². The van der Waals surface area contributed by atoms with Crippen LogP contribution in [0.25, 0.3) is 0 Å². The fourth-order valence-corrected chi connectivity index (χ4v) is 6.10. The Labute approximate surface area is 229 Å². The second-order valence-electron chi connectivity index (χ2n) is 10.1. The van der Waals surface area contributed by atoms with Gasteiger partial charge in [-0.15, -0.1) is 0 Å². The average Bonchev–Trinajstić information content (AvgIpc) is 3.14. The molecule has 8 nitrogen and oxygen atoms in total. The Bertz CT molecular complexity index is 1160. The summed E-state index contributed by atoms with van der Waals surface area (Å²) in [6.45, 7) is 2.55. The van der Waals surface area contributed by atoms with Crippen molar-refractivity contribution in [3.63, 3.8) is 0 Å². The summed E-state index contributed by atoms with van der Waals surface area (Å²) in [4.78, 5) is 45.4. The average molecular weight is 590 g/mol. The minimum atomic E-state index is -1.09. The van der Waals surface area contributed by atoms with Gasteiger partial charge in [-0.05, 0) is 67.0 Å². The zero-order chi connectivity index (χ0) is 26.1. The zero-order valence-electron chi connectivity index (χ0n) is 20.4. The molecule has 0 saturated carbocycles. The highest BCUT2D eigenvalue weighted by Gasteiger charge is 2.52. The summed E-state index contributed by atoms with van der Waals surface area (Å²) in [7, 11) is 0. The van der Waals surface area contributed by atoms with E-state index in [2.05, 4.69) is 20.8 Å². The highest BCUT2D eigenvalue weighted by molar-refractivity contribution is 9.10. The Balaban J connectivity index is 1.27. The van der Waals surface area contributed by atoms with Gasteiger partial charge in [-0.1, -0.05) is 51.8 Å². The number of piperidine rings is 1. The summed E-state index contributed by atoms with van der Waals surface area (Å²) in [5.41, 5.74) is 2.30. The Hall–Kier alpha value is -2.62. The molecule has 0 bridgehead atoms. The monoisotopic (exact) mass is 588 g/mol. The molecular weight excluding hydrogens is 560 g/mol. The molecule has 2 aromatic rings. The Morgan fingerprint density at radius 1 is 1.00 bits per heavy atom. The first kappa shape index (κ1) is 26.0. The van der Waals surface area contributed by atoms with Crippen LogP contribution in [0, 0.1) is 5.92 Å². The summed E-state index contributed by atoms with van der Waals surface area (Å²) in [5.74, 6) is -0.0801. The van der Waals surface area contributed by atoms with Crippen molar-refractivity contribution in [2.75, 3.05) is 26.2 Å². The molecule has 37 heavy (non-hydrogen) atoms. The molecule has 2 aromatic carbocycles. The fourth-order valence-electron chi connectivity index (χ4n) is 5.70. The molecule has 3 aliphatic rings. The van der Waals surface area contributed by atoms with Gasteiger partial charge in [-0.2, -0.15) is 0 Å². The van der Waals surface area contributed by atoms with E-state index in [1.165, 1.54) is 9.80 Å². The van der Waals surface area contributed by atoms with Gasteiger partial charge >= 0.3 is 12.1 Å². The van der Waals surface area contributed by atoms with E-state index in [0.29, 0.717) is 50.6 Å². The van der Waals surface area contributed by atoms with Crippen LogP contribution in [0.1, 0.15) is 30.4 Å². The minimum absolute atomic E-state index is 0.211. The molecule has 0 aliphatic carbocycles. The number of halogens is 2. The van der Waals surface area contributed by atoms with Gasteiger partial charge in [-0.3, -0.25) is 14.6 Å². The zero-order valence-corrected chi connectivity index (χ0v) is 22.8. The molecule has 0 aromatic heterocycles. The SMILES string of the molecule is O=C(O)N1CCC(CCc2ccc(Cl)cc2)CC1N1C(=O)C2CN(Cc3ccc(Br)cc3)CCN2C1=O. The number of imide groups is 1. The number of carbonyl (C=O) groups excluding carboxylic acids is 2. The number of hydrogen-bond donors (Lipinski definition) is 1. The van der Waals surface area contributed by atoms with E-state index in [-0.39, 0.29) is 17.9 Å². The standard InChI is InChI=1S/C27H30BrClN4O4/c28-21-7-3-20(4-8-21)16-30-13-14-31-23(17-30)25(34)33(26(31)35)24-15-19(11-12-32(24)27(36)37)2-1-18-5-9-22(29)10-6-18/h3-10,19,23-24H,1-2,11-17H2,(H,36,37). The maximum Gasteiger partial charge on any atom is 0.408 e. The van der Waals surface area contributed by atoms with Crippen LogP contribution in [0.2, 0.25) is 5.02 Å². The van der Waals surface area contributed by atoms with E-state index < -0.39 is 18.3 Å². The maximum absolute atomic E-state index is 13.6. The number of urea groups is 1. The minimum Gasteiger partial charge on any atom is -0.465 e. The molecule has 3 aliphatic heterocycles. The van der Waals surface area contributed by atoms with Crippen molar-refractivity contribution < 1.29 is 19.5 Å². The lowest BCUT2D eigenvalue weighted by Gasteiger charge is -2.41. The van der Waals surface area contributed by atoms with Crippen LogP contribution in [0.5, 0.6) is 0 Å². The predicted molar refractivity (Wildman–Crippen MR) is 143 cm³/mol. The third kappa shape index (κ3) is 5.63. The van der Waals surface area contributed by atoms with Crippen molar-refractivity contribution >= 4 is 45.6 Å². The number of nitrogens with zero attached hydrogens (tertiary/aromatic N) is 4. The number of amides is 4. The van der Waals surface area contributed by atoms with Crippen LogP contribution < -0.4 is 0 Å². The Morgan fingerprint density at radius 3 is 2.41 bits per heavy atom. The second-order valence-corrected chi connectivity index (χ2v) is 11.4. The second kappa shape index (κ2) is 11.0. The lowest BCUT2D eigenvalue weighted by atomic mass is 9.88. The van der Waals surface area contributed by atoms with Gasteiger partial charge in [0.2, 0.25) is 0 Å². The molecule has 10 heteroatoms. The summed E-state index contributed by atoms with van der Waals surface area (Å²) >= 11 is 9.44. The van der Waals surface area contributed by atoms with Crippen molar-refractivity contribution in [2.45, 2.75) is 44.4 Å². The molecule has 3 atom stereocenters. The first-order valence-corrected chi connectivity index (χ1v) is 13.8. The first-order valence-electron chi connectivity index (χ1n) is 12.6. The predicted octanol–water partition coefficient (Wildman–Crippen LogP) is 4.90. The number of rotatable bonds is 6. The molecule has 0 spiro atoms. The number of carbonyl (C=O) groups is 3. The van der Waals surface area contributed by atoms with Gasteiger partial charge in [0.25, 0.3) is 5.91 Å². The van der Waals surface area contributed by atoms with E-state index in [0.717, 1.165) is 28.4 Å². The molecule has 4 amide bonds. The fraction of sp³-hybridized carbons (Fsp3) is 0.444. The van der Waals surface area contributed by atoms with Crippen LogP contribution in [-0.4, -0.2) is 81.1 Å². The normalized spacial score (nSPS) is 24.5. The largest absolute Gasteiger partial charge is 0.465 e. The van der Waals surface area contributed by atoms with Crippen molar-refractivity contribution in [3.8, 4) is 0 Å². The molecule has 3 fully saturated rings. The quantitative estimate of drug-likeness (QED) is 0.485. The molecule has 3 unspecified atom stereocenters. The lowest BCUT2D eigenvalue weighted by Crippen LogP contribution is -2.57. The van der Waals surface area contributed by atoms with Crippen LogP contribution in [0.15, 0.2) is 53.0 Å². The van der Waals surface area contributed by atoms with E-state index in [9.17, 15) is 19.5 Å². The number of carboxylic acid groups (broad SMARTS) is 1. The molecular formula is C27H30BrClN4O4. The maximum atomic E-state index is 13.6. The van der Waals surface area contributed by atoms with Gasteiger partial charge in [-0.25, -0.2) is 14.5 Å². The number of hydrogen-bond acceptors (Lipinski definition) is 4. The van der Waals surface area contributed by atoms with Gasteiger partial charge in [0.15, 0.2) is 0 Å². The summed E-state index contributed by atoms with van der Waals surface area (Å²) in [6, 6.07) is 14.8. The number of likely N-dealkylation sites (tertiary alicyclic amines) is 1. The van der Waals surface area contributed by atoms with E-state index in [4.69, 9.17) is 11.6 Å². The van der Waals surface area contributed by atoms with Crippen LogP contribution in [0.4, 0.5) is 9.59 Å². The van der Waals surface area contributed by atoms with E-state index >= 15 is 0 Å². The summed E-state index contributed by atoms with van der Waals surface area (Å²) in [6.07, 6.45) is 0.996. The van der Waals surface area contributed by atoms with Crippen molar-refractivity contribution in [3.05, 3.63) is 69.2 Å². The number of piperazine rings is 1. The lowest BCUT2D eigenvalue weighted by molar-refractivity contribution is -0.134. The smallest absolute Gasteiger partial charge is 0.408 e. The van der Waals surface area contributed by atoms with E-state index in [1.807, 2.05) is 48.5 Å². The van der Waals surface area contributed by atoms with Gasteiger partial charge in [0, 0.05) is 42.2 Å². The van der Waals surface area contributed by atoms with Gasteiger partial charge in [0.1, 0.15) is 12.2 Å². The number of aryl methyl sites for hydroxylation is 1. The highest BCUT2D eigenvalue weighted by Crippen LogP contribution is 2.34. The third-order valence-corrected chi connectivity index (χ3v) is 8.52. The van der Waals surface area contributed by atoms with Gasteiger partial charge in [0.05, 0.1) is 0 Å². The molecule has 5 rings (SSSR count). The highest BCUT2D eigenvalue weighted by atomic mass is 79.9. The first-order chi connectivity index (χ1) is 17.8. The summed E-state index contributed by atoms with van der Waals surface area (Å²) < 4.78 is 1.01. The van der Waals surface area contributed by atoms with Gasteiger partial charge < -0.3 is 10.0 Å². The molecule has 3 saturated heterocycles. The van der Waals surface area contributed by atoms with Crippen LogP contribution in [0.3, 0.4) is 0 Å². The van der Waals surface area contributed by atoms with Crippen LogP contribution >= 0.6 is 27.5 Å². The van der Waals surface area contributed by atoms with Crippen LogP contribution in [-0.2, 0) is 17.8 Å². The van der Waals surface area contributed by atoms with Crippen molar-refractivity contribution in [1.82, 2.24) is 19.6 Å². The summed E-state index contributed by atoms with van der Waals surface area (Å²) in [5, 5.41) is 10.6. The van der Waals surface area contributed by atoms with Crippen molar-refractivity contribution in [1.29, 1.82) is 0 Å². The molecule has 1 N–H and O–H groups in total. The number of fused-ring (bicyclic) bond motifs is 1. The Kier molecular flexibility index (Phi) is 7.74. The number of benzene rings is 2. The third-order valence-electron chi connectivity index (χ3n) is 7.74. The molecule has 3 heterocycles.